The summed E-state index contributed by atoms with van der Waals surface area (Å²) in [4.78, 5) is 0. The van der Waals surface area contributed by atoms with Gasteiger partial charge in [0.2, 0.25) is 0 Å². The lowest BCUT2D eigenvalue weighted by Crippen LogP contribution is -2.26. The van der Waals surface area contributed by atoms with Crippen molar-refractivity contribution < 1.29 is 0 Å². The molecular weight excluding hydrogens is 218 g/mol. The lowest BCUT2D eigenvalue weighted by atomic mass is 10.2. The smallest absolute Gasteiger partial charge is 0.0624 e. The summed E-state index contributed by atoms with van der Waals surface area (Å²) in [6, 6.07) is 10.5. The predicted molar refractivity (Wildman–Crippen MR) is 75.6 cm³/mol. The fraction of sp³-hybridized carbons (Fsp3) is 0.118. The van der Waals surface area contributed by atoms with E-state index in [0.29, 0.717) is 5.92 Å². The molecule has 86 valence electrons. The van der Waals surface area contributed by atoms with Gasteiger partial charge in [-0.05, 0) is 24.1 Å². The molecule has 2 aliphatic carbocycles. The average Bonchev–Trinajstić information content (AvgIpc) is 3.02. The molecule has 0 aliphatic heterocycles. The molecule has 0 fully saturated rings. The van der Waals surface area contributed by atoms with Crippen LogP contribution in [0.5, 0.6) is 0 Å². The van der Waals surface area contributed by atoms with Gasteiger partial charge in [0.15, 0.2) is 0 Å². The topological polar surface area (TPSA) is 4.93 Å². The molecule has 2 aliphatic rings. The first-order valence-electron chi connectivity index (χ1n) is 6.31. The van der Waals surface area contributed by atoms with Gasteiger partial charge in [-0.2, -0.15) is 0 Å². The molecule has 1 nitrogen and oxygen atoms in total. The molecule has 4 rings (SSSR count). The molecule has 1 unspecified atom stereocenters. The second-order valence-corrected chi connectivity index (χ2v) is 4.92. The Labute approximate surface area is 106 Å². The Balaban J connectivity index is 2.14. The first-order valence-corrected chi connectivity index (χ1v) is 6.31. The monoisotopic (exact) mass is 231 g/mol. The zero-order valence-electron chi connectivity index (χ0n) is 10.2. The number of hydrogen-bond acceptors (Lipinski definition) is 0. The molecule has 0 saturated heterocycles. The minimum absolute atomic E-state index is 0.518. The number of fused-ring (bicyclic) bond motifs is 3. The van der Waals surface area contributed by atoms with Crippen LogP contribution in [-0.4, -0.2) is 4.57 Å². The van der Waals surface area contributed by atoms with Crippen LogP contribution in [0.3, 0.4) is 0 Å². The molecule has 18 heavy (non-hydrogen) atoms. The van der Waals surface area contributed by atoms with Crippen LogP contribution in [-0.2, 0) is 0 Å². The third kappa shape index (κ3) is 1.17. The first-order chi connectivity index (χ1) is 8.84. The van der Waals surface area contributed by atoms with Gasteiger partial charge in [-0.3, -0.25) is 0 Å². The highest BCUT2D eigenvalue weighted by Crippen LogP contribution is 2.19. The molecular formula is C17H13N. The summed E-state index contributed by atoms with van der Waals surface area (Å²) >= 11 is 0. The Kier molecular flexibility index (Phi) is 1.83. The average molecular weight is 231 g/mol. The van der Waals surface area contributed by atoms with E-state index < -0.39 is 0 Å². The molecule has 0 saturated carbocycles. The minimum Gasteiger partial charge on any atom is -0.309 e. The van der Waals surface area contributed by atoms with Crippen molar-refractivity contribution >= 4 is 24.3 Å². The number of nitrogens with zero attached hydrogens (tertiary/aromatic N) is 1. The largest absolute Gasteiger partial charge is 0.309 e. The third-order valence-electron chi connectivity index (χ3n) is 3.64. The quantitative estimate of drug-likeness (QED) is 0.566. The predicted octanol–water partition coefficient (Wildman–Crippen LogP) is 2.33. The summed E-state index contributed by atoms with van der Waals surface area (Å²) < 4.78 is 2.33. The lowest BCUT2D eigenvalue weighted by molar-refractivity contribution is 0.999. The molecule has 2 aromatic rings. The maximum Gasteiger partial charge on any atom is 0.0624 e. The number of rotatable bonds is 1. The van der Waals surface area contributed by atoms with Gasteiger partial charge in [-0.1, -0.05) is 37.3 Å². The van der Waals surface area contributed by atoms with E-state index in [2.05, 4.69) is 71.9 Å². The van der Waals surface area contributed by atoms with Gasteiger partial charge in [-0.15, -0.1) is 5.73 Å². The molecule has 0 N–H and O–H groups in total. The van der Waals surface area contributed by atoms with Crippen LogP contribution in [0.2, 0.25) is 0 Å². The molecule has 0 radical (unpaired) electrons. The van der Waals surface area contributed by atoms with Crippen molar-refractivity contribution in [1.82, 2.24) is 4.57 Å². The summed E-state index contributed by atoms with van der Waals surface area (Å²) in [7, 11) is 0. The highest BCUT2D eigenvalue weighted by Gasteiger charge is 2.18. The molecule has 1 aromatic carbocycles. The summed E-state index contributed by atoms with van der Waals surface area (Å²) in [6.07, 6.45) is 8.84. The van der Waals surface area contributed by atoms with E-state index >= 15 is 0 Å². The van der Waals surface area contributed by atoms with Gasteiger partial charge in [0, 0.05) is 22.5 Å². The van der Waals surface area contributed by atoms with Crippen molar-refractivity contribution in [2.45, 2.75) is 6.92 Å². The maximum atomic E-state index is 3.22. The molecule has 0 bridgehead atoms. The van der Waals surface area contributed by atoms with Crippen LogP contribution in [0.4, 0.5) is 0 Å². The van der Waals surface area contributed by atoms with Crippen molar-refractivity contribution in [2.24, 2.45) is 5.92 Å². The Morgan fingerprint density at radius 3 is 2.72 bits per heavy atom. The van der Waals surface area contributed by atoms with Crippen LogP contribution >= 0.6 is 0 Å². The van der Waals surface area contributed by atoms with Crippen molar-refractivity contribution in [1.29, 1.82) is 0 Å². The van der Waals surface area contributed by atoms with Gasteiger partial charge in [0.25, 0.3) is 0 Å². The van der Waals surface area contributed by atoms with Gasteiger partial charge in [-0.25, -0.2) is 0 Å². The fourth-order valence-corrected chi connectivity index (χ4v) is 2.90. The summed E-state index contributed by atoms with van der Waals surface area (Å²) in [6.45, 7) is 2.23. The molecule has 1 atom stereocenters. The second kappa shape index (κ2) is 3.38. The Bertz CT molecular complexity index is 813. The fourth-order valence-electron chi connectivity index (χ4n) is 2.90. The molecule has 1 heterocycles. The highest BCUT2D eigenvalue weighted by atomic mass is 15.0. The van der Waals surface area contributed by atoms with E-state index in [0.717, 1.165) is 0 Å². The Hall–Kier alpha value is -2.24. The van der Waals surface area contributed by atoms with E-state index in [1.807, 2.05) is 0 Å². The SMILES string of the molecule is CC1C=c2c3c(n(-c4ccccc4)c2=C1)C=C=C3. The normalized spacial score (nSPS) is 18.4. The zero-order valence-corrected chi connectivity index (χ0v) is 10.2. The number of para-hydroxylation sites is 1. The lowest BCUT2D eigenvalue weighted by Gasteiger charge is -2.07. The Morgan fingerprint density at radius 1 is 1.06 bits per heavy atom. The van der Waals surface area contributed by atoms with E-state index in [4.69, 9.17) is 0 Å². The number of hydrogen-bond donors (Lipinski definition) is 0. The van der Waals surface area contributed by atoms with Gasteiger partial charge in [0.1, 0.15) is 0 Å². The first kappa shape index (κ1) is 9.76. The number of aromatic nitrogens is 1. The highest BCUT2D eigenvalue weighted by molar-refractivity contribution is 5.76. The Morgan fingerprint density at radius 2 is 1.89 bits per heavy atom. The van der Waals surface area contributed by atoms with Crippen molar-refractivity contribution in [3.63, 3.8) is 0 Å². The van der Waals surface area contributed by atoms with E-state index in [9.17, 15) is 0 Å². The molecule has 1 heteroatoms. The van der Waals surface area contributed by atoms with Gasteiger partial charge >= 0.3 is 0 Å². The second-order valence-electron chi connectivity index (χ2n) is 4.92. The molecule has 0 spiro atoms. The van der Waals surface area contributed by atoms with Gasteiger partial charge in [0.05, 0.1) is 11.0 Å². The van der Waals surface area contributed by atoms with Crippen LogP contribution < -0.4 is 10.6 Å². The van der Waals surface area contributed by atoms with Crippen molar-refractivity contribution in [3.8, 4) is 5.69 Å². The van der Waals surface area contributed by atoms with Crippen LogP contribution in [0.15, 0.2) is 36.1 Å². The summed E-state index contributed by atoms with van der Waals surface area (Å²) in [5.41, 5.74) is 7.01. The molecule has 1 aromatic heterocycles. The standard InChI is InChI=1S/C17H13N/c1-12-10-15-14-8-5-9-16(14)18(17(15)11-12)13-6-3-2-4-7-13/h2-4,6-12H,1H3. The summed E-state index contributed by atoms with van der Waals surface area (Å²) in [5.74, 6) is 0.518. The van der Waals surface area contributed by atoms with E-state index in [1.165, 1.54) is 27.5 Å². The molecule has 0 amide bonds. The summed E-state index contributed by atoms with van der Waals surface area (Å²) in [5, 5.41) is 2.69. The van der Waals surface area contributed by atoms with E-state index in [-0.39, 0.29) is 0 Å². The maximum absolute atomic E-state index is 3.22. The van der Waals surface area contributed by atoms with Crippen LogP contribution in [0, 0.1) is 5.92 Å². The van der Waals surface area contributed by atoms with E-state index in [1.54, 1.807) is 0 Å². The van der Waals surface area contributed by atoms with Gasteiger partial charge < -0.3 is 4.57 Å². The third-order valence-corrected chi connectivity index (χ3v) is 3.64. The van der Waals surface area contributed by atoms with Crippen LogP contribution in [0.1, 0.15) is 18.2 Å². The van der Waals surface area contributed by atoms with Crippen molar-refractivity contribution in [3.05, 3.63) is 57.9 Å². The zero-order chi connectivity index (χ0) is 12.1. The van der Waals surface area contributed by atoms with Crippen LogP contribution in [0.25, 0.3) is 30.0 Å². The number of benzene rings is 1. The van der Waals surface area contributed by atoms with Crippen molar-refractivity contribution in [2.75, 3.05) is 0 Å². The minimum atomic E-state index is 0.518.